The largest absolute Gasteiger partial charge is 0.496 e. The molecule has 5 rings (SSSR count). The summed E-state index contributed by atoms with van der Waals surface area (Å²) < 4.78 is 11.8. The van der Waals surface area contributed by atoms with Gasteiger partial charge in [0.25, 0.3) is 0 Å². The number of fused-ring (bicyclic) bond motifs is 5. The van der Waals surface area contributed by atoms with Crippen molar-refractivity contribution in [3.05, 3.63) is 47.1 Å². The molecule has 1 aromatic rings. The molecule has 9 atom stereocenters. The van der Waals surface area contributed by atoms with Crippen molar-refractivity contribution < 1.29 is 14.3 Å². The standard InChI is InChI=1S/C44H68O3/c1-30(2)15-14-16-32(4)39(7)25-26-44(12)41(39,9)27-28-42(10)40(8)23-22-36(38(5,6)35(40)21-24-43(42,44)11)47-37(45)20-19-33-18-17-31(3)34(29-33)46-13/h15,17-20,29,32,35-36H,14,16,21-28H2,1-13H3/b20-19+/t32?,35?,36-,39?,40-,41+,42-,43+,44?/m0/s1. The van der Waals surface area contributed by atoms with Crippen molar-refractivity contribution in [3.63, 3.8) is 0 Å². The maximum absolute atomic E-state index is 13.2. The predicted molar refractivity (Wildman–Crippen MR) is 197 cm³/mol. The number of benzene rings is 1. The van der Waals surface area contributed by atoms with Gasteiger partial charge < -0.3 is 9.47 Å². The highest BCUT2D eigenvalue weighted by Crippen LogP contribution is 2.85. The van der Waals surface area contributed by atoms with Crippen LogP contribution in [-0.4, -0.2) is 19.2 Å². The molecule has 4 aliphatic carbocycles. The van der Waals surface area contributed by atoms with Crippen molar-refractivity contribution >= 4 is 12.0 Å². The van der Waals surface area contributed by atoms with Crippen LogP contribution in [0.25, 0.3) is 6.08 Å². The Morgan fingerprint density at radius 1 is 0.872 bits per heavy atom. The quantitative estimate of drug-likeness (QED) is 0.160. The number of hydrogen-bond acceptors (Lipinski definition) is 3. The number of carbonyl (C=O) groups excluding carboxylic acids is 1. The van der Waals surface area contributed by atoms with E-state index in [4.69, 9.17) is 9.47 Å². The van der Waals surface area contributed by atoms with Crippen LogP contribution >= 0.6 is 0 Å². The zero-order chi connectivity index (χ0) is 34.8. The third-order valence-electron chi connectivity index (χ3n) is 17.1. The fourth-order valence-corrected chi connectivity index (χ4v) is 13.0. The molecule has 0 bridgehead atoms. The van der Waals surface area contributed by atoms with Gasteiger partial charge in [0.15, 0.2) is 0 Å². The third-order valence-corrected chi connectivity index (χ3v) is 17.1. The fourth-order valence-electron chi connectivity index (χ4n) is 13.0. The van der Waals surface area contributed by atoms with Gasteiger partial charge in [-0.15, -0.1) is 0 Å². The monoisotopic (exact) mass is 645 g/mol. The second kappa shape index (κ2) is 12.1. The molecule has 4 fully saturated rings. The number of carbonyl (C=O) groups is 1. The summed E-state index contributed by atoms with van der Waals surface area (Å²) in [5.41, 5.74) is 5.11. The van der Waals surface area contributed by atoms with Crippen LogP contribution in [0, 0.1) is 56.7 Å². The lowest BCUT2D eigenvalue weighted by atomic mass is 9.27. The molecule has 4 unspecified atom stereocenters. The van der Waals surface area contributed by atoms with Gasteiger partial charge in [-0.05, 0) is 153 Å². The molecule has 0 amide bonds. The Morgan fingerprint density at radius 3 is 2.17 bits per heavy atom. The second-order valence-corrected chi connectivity index (χ2v) is 18.9. The summed E-state index contributed by atoms with van der Waals surface area (Å²) in [5.74, 6) is 1.84. The van der Waals surface area contributed by atoms with Gasteiger partial charge in [-0.25, -0.2) is 4.79 Å². The smallest absolute Gasteiger partial charge is 0.331 e. The Bertz CT molecular complexity index is 1410. The Morgan fingerprint density at radius 2 is 1.51 bits per heavy atom. The molecule has 0 aromatic heterocycles. The summed E-state index contributed by atoms with van der Waals surface area (Å²) in [5, 5.41) is 0. The molecular formula is C44H68O3. The van der Waals surface area contributed by atoms with Gasteiger partial charge in [-0.1, -0.05) is 86.1 Å². The number of allylic oxidation sites excluding steroid dienone is 2. The van der Waals surface area contributed by atoms with E-state index < -0.39 is 0 Å². The van der Waals surface area contributed by atoms with Crippen LogP contribution in [0.2, 0.25) is 0 Å². The first-order valence-electron chi connectivity index (χ1n) is 18.9. The van der Waals surface area contributed by atoms with Crippen LogP contribution in [-0.2, 0) is 9.53 Å². The summed E-state index contributed by atoms with van der Waals surface area (Å²) in [6.07, 6.45) is 18.3. The highest BCUT2D eigenvalue weighted by Gasteiger charge is 2.78. The average Bonchev–Trinajstić information content (AvgIpc) is 3.23. The SMILES string of the molecule is COc1cc(/C=C/C(=O)O[C@H]2CC[C@@]3(C)C(CC[C@@]4(C)C5(C)CCC(C)(C(C)CCC=C(C)C)[C@@]5(C)CC[C@@]34C)C2(C)C)ccc1C. The Hall–Kier alpha value is -2.03. The molecule has 0 spiro atoms. The zero-order valence-electron chi connectivity index (χ0n) is 32.5. The van der Waals surface area contributed by atoms with E-state index in [-0.39, 0.29) is 33.7 Å². The molecule has 0 saturated heterocycles. The number of methoxy groups -OCH3 is 1. The van der Waals surface area contributed by atoms with Crippen molar-refractivity contribution in [2.24, 2.45) is 49.7 Å². The highest BCUT2D eigenvalue weighted by atomic mass is 16.5. The number of esters is 1. The van der Waals surface area contributed by atoms with Crippen molar-refractivity contribution in [2.75, 3.05) is 7.11 Å². The Kier molecular flexibility index (Phi) is 9.32. The van der Waals surface area contributed by atoms with Gasteiger partial charge in [-0.2, -0.15) is 0 Å². The highest BCUT2D eigenvalue weighted by molar-refractivity contribution is 5.87. The molecule has 4 saturated carbocycles. The van der Waals surface area contributed by atoms with Crippen LogP contribution < -0.4 is 4.74 Å². The molecule has 0 N–H and O–H groups in total. The molecule has 4 aliphatic rings. The topological polar surface area (TPSA) is 35.5 Å². The first-order valence-corrected chi connectivity index (χ1v) is 18.9. The molecule has 0 radical (unpaired) electrons. The lowest BCUT2D eigenvalue weighted by Gasteiger charge is -2.77. The number of ether oxygens (including phenoxy) is 2. The van der Waals surface area contributed by atoms with Crippen molar-refractivity contribution in [1.82, 2.24) is 0 Å². The maximum Gasteiger partial charge on any atom is 0.331 e. The van der Waals surface area contributed by atoms with Crippen LogP contribution in [0.15, 0.2) is 35.9 Å². The number of aryl methyl sites for hydroxylation is 1. The van der Waals surface area contributed by atoms with Gasteiger partial charge in [0.2, 0.25) is 0 Å². The molecular weight excluding hydrogens is 576 g/mol. The summed E-state index contributed by atoms with van der Waals surface area (Å²) in [4.78, 5) is 13.2. The maximum atomic E-state index is 13.2. The first-order chi connectivity index (χ1) is 21.8. The van der Waals surface area contributed by atoms with Crippen LogP contribution in [0.5, 0.6) is 5.75 Å². The fraction of sp³-hybridized carbons (Fsp3) is 0.750. The summed E-state index contributed by atoms with van der Waals surface area (Å²) in [6.45, 7) is 30.1. The minimum Gasteiger partial charge on any atom is -0.496 e. The average molecular weight is 645 g/mol. The predicted octanol–water partition coefficient (Wildman–Crippen LogP) is 12.2. The Balaban J connectivity index is 1.37. The van der Waals surface area contributed by atoms with Gasteiger partial charge in [-0.3, -0.25) is 0 Å². The lowest BCUT2D eigenvalue weighted by Crippen LogP contribution is -2.71. The molecule has 0 heterocycles. The second-order valence-electron chi connectivity index (χ2n) is 18.9. The van der Waals surface area contributed by atoms with E-state index >= 15 is 0 Å². The minimum atomic E-state index is -0.233. The van der Waals surface area contributed by atoms with Gasteiger partial charge in [0, 0.05) is 11.5 Å². The van der Waals surface area contributed by atoms with Crippen LogP contribution in [0.1, 0.15) is 151 Å². The number of hydrogen-bond donors (Lipinski definition) is 0. The van der Waals surface area contributed by atoms with E-state index in [2.05, 4.69) is 82.2 Å². The zero-order valence-corrected chi connectivity index (χ0v) is 32.5. The molecule has 47 heavy (non-hydrogen) atoms. The van der Waals surface area contributed by atoms with Crippen molar-refractivity contribution in [2.45, 2.75) is 153 Å². The van der Waals surface area contributed by atoms with E-state index in [1.807, 2.05) is 31.2 Å². The summed E-state index contributed by atoms with van der Waals surface area (Å²) in [6, 6.07) is 6.02. The number of rotatable bonds is 8. The van der Waals surface area contributed by atoms with E-state index in [9.17, 15) is 4.79 Å². The van der Waals surface area contributed by atoms with Crippen molar-refractivity contribution in [3.8, 4) is 5.75 Å². The van der Waals surface area contributed by atoms with E-state index in [1.165, 1.54) is 56.9 Å². The van der Waals surface area contributed by atoms with Gasteiger partial charge in [0.05, 0.1) is 7.11 Å². The lowest BCUT2D eigenvalue weighted by molar-refractivity contribution is -0.294. The Labute approximate surface area is 288 Å². The van der Waals surface area contributed by atoms with Crippen LogP contribution in [0.3, 0.4) is 0 Å². The van der Waals surface area contributed by atoms with E-state index in [0.29, 0.717) is 22.2 Å². The minimum absolute atomic E-state index is 0.0703. The molecule has 0 aliphatic heterocycles. The molecule has 3 nitrogen and oxygen atoms in total. The molecule has 262 valence electrons. The van der Waals surface area contributed by atoms with Crippen molar-refractivity contribution in [1.29, 1.82) is 0 Å². The summed E-state index contributed by atoms with van der Waals surface area (Å²) >= 11 is 0. The van der Waals surface area contributed by atoms with Gasteiger partial charge in [0.1, 0.15) is 11.9 Å². The van der Waals surface area contributed by atoms with E-state index in [0.717, 1.165) is 35.6 Å². The molecule has 3 heteroatoms. The van der Waals surface area contributed by atoms with Gasteiger partial charge >= 0.3 is 5.97 Å². The normalized spacial score (nSPS) is 41.4. The molecule has 1 aromatic carbocycles. The van der Waals surface area contributed by atoms with E-state index in [1.54, 1.807) is 13.2 Å². The summed E-state index contributed by atoms with van der Waals surface area (Å²) in [7, 11) is 1.68. The first kappa shape index (κ1) is 36.3. The van der Waals surface area contributed by atoms with Crippen LogP contribution in [0.4, 0.5) is 0 Å². The third kappa shape index (κ3) is 5.12.